The molecule has 8 heteroatoms. The van der Waals surface area contributed by atoms with Gasteiger partial charge in [-0.05, 0) is 42.8 Å². The van der Waals surface area contributed by atoms with Crippen LogP contribution in [0.5, 0.6) is 0 Å². The van der Waals surface area contributed by atoms with Crippen LogP contribution in [0.15, 0.2) is 45.4 Å². The van der Waals surface area contributed by atoms with Crippen molar-refractivity contribution < 1.29 is 14.0 Å². The second-order valence-corrected chi connectivity index (χ2v) is 8.59. The molecule has 2 atom stereocenters. The van der Waals surface area contributed by atoms with E-state index in [0.717, 1.165) is 10.6 Å². The summed E-state index contributed by atoms with van der Waals surface area (Å²) in [6.07, 6.45) is 2.71. The van der Waals surface area contributed by atoms with Crippen LogP contribution < -0.4 is 11.1 Å². The van der Waals surface area contributed by atoms with E-state index in [9.17, 15) is 9.59 Å². The molecule has 7 nitrogen and oxygen atoms in total. The van der Waals surface area contributed by atoms with E-state index in [1.165, 1.54) is 5.01 Å². The lowest BCUT2D eigenvalue weighted by molar-refractivity contribution is -0.133. The van der Waals surface area contributed by atoms with Gasteiger partial charge in [-0.3, -0.25) is 14.9 Å². The van der Waals surface area contributed by atoms with Crippen LogP contribution in [0.1, 0.15) is 50.3 Å². The van der Waals surface area contributed by atoms with Crippen molar-refractivity contribution in [2.24, 2.45) is 16.8 Å². The Kier molecular flexibility index (Phi) is 6.00. The Morgan fingerprint density at radius 1 is 1.43 bits per heavy atom. The highest BCUT2D eigenvalue weighted by Crippen LogP contribution is 2.34. The molecule has 0 saturated heterocycles. The van der Waals surface area contributed by atoms with Gasteiger partial charge in [0.05, 0.1) is 28.9 Å². The number of hydrogen-bond acceptors (Lipinski definition) is 6. The molecule has 0 saturated carbocycles. The van der Waals surface area contributed by atoms with Crippen LogP contribution in [0.2, 0.25) is 0 Å². The summed E-state index contributed by atoms with van der Waals surface area (Å²) in [6, 6.07) is 7.29. The topological polar surface area (TPSA) is 101 Å². The number of primary amides is 1. The first-order valence-electron chi connectivity index (χ1n) is 9.32. The van der Waals surface area contributed by atoms with Gasteiger partial charge in [-0.1, -0.05) is 19.9 Å². The molecular formula is C20H26N4O3S. The minimum absolute atomic E-state index is 0.0371. The van der Waals surface area contributed by atoms with Crippen molar-refractivity contribution in [3.8, 4) is 0 Å². The lowest BCUT2D eigenvalue weighted by Crippen LogP contribution is -2.56. The van der Waals surface area contributed by atoms with E-state index >= 15 is 0 Å². The van der Waals surface area contributed by atoms with E-state index < -0.39 is 11.4 Å². The Bertz CT molecular complexity index is 845. The van der Waals surface area contributed by atoms with Gasteiger partial charge in [-0.25, -0.2) is 5.01 Å². The van der Waals surface area contributed by atoms with Gasteiger partial charge in [0.25, 0.3) is 5.91 Å². The number of nitrogens with two attached hydrogens (primary N) is 1. The SMILES string of the molecule is CC(C)CC(C)(NCC(=O)N1N=C(c2cccs2)CC1c1ccco1)C(N)=O. The largest absolute Gasteiger partial charge is 0.467 e. The Morgan fingerprint density at radius 2 is 2.21 bits per heavy atom. The Hall–Kier alpha value is -2.45. The molecule has 0 radical (unpaired) electrons. The number of carbonyl (C=O) groups excluding carboxylic acids is 2. The van der Waals surface area contributed by atoms with E-state index in [-0.39, 0.29) is 24.4 Å². The zero-order chi connectivity index (χ0) is 20.3. The van der Waals surface area contributed by atoms with Crippen LogP contribution in [0.4, 0.5) is 0 Å². The summed E-state index contributed by atoms with van der Waals surface area (Å²) in [7, 11) is 0. The summed E-state index contributed by atoms with van der Waals surface area (Å²) >= 11 is 1.59. The van der Waals surface area contributed by atoms with Crippen molar-refractivity contribution in [2.45, 2.75) is 45.2 Å². The predicted octanol–water partition coefficient (Wildman–Crippen LogP) is 2.90. The Labute approximate surface area is 168 Å². The van der Waals surface area contributed by atoms with Crippen molar-refractivity contribution in [1.82, 2.24) is 10.3 Å². The minimum Gasteiger partial charge on any atom is -0.467 e. The van der Waals surface area contributed by atoms with E-state index in [1.807, 2.05) is 37.4 Å². The van der Waals surface area contributed by atoms with E-state index in [1.54, 1.807) is 30.6 Å². The van der Waals surface area contributed by atoms with E-state index in [0.29, 0.717) is 18.6 Å². The van der Waals surface area contributed by atoms with Crippen LogP contribution in [-0.2, 0) is 9.59 Å². The lowest BCUT2D eigenvalue weighted by atomic mass is 9.90. The summed E-state index contributed by atoms with van der Waals surface area (Å²) in [5, 5.41) is 11.1. The van der Waals surface area contributed by atoms with Gasteiger partial charge in [-0.2, -0.15) is 5.10 Å². The van der Waals surface area contributed by atoms with Gasteiger partial charge in [0, 0.05) is 6.42 Å². The Morgan fingerprint density at radius 3 is 2.79 bits per heavy atom. The third kappa shape index (κ3) is 4.34. The number of furan rings is 1. The molecule has 2 aromatic rings. The second kappa shape index (κ2) is 8.28. The highest BCUT2D eigenvalue weighted by molar-refractivity contribution is 7.12. The van der Waals surface area contributed by atoms with Crippen molar-refractivity contribution in [1.29, 1.82) is 0 Å². The smallest absolute Gasteiger partial charge is 0.257 e. The number of hydrogen-bond donors (Lipinski definition) is 2. The van der Waals surface area contributed by atoms with Crippen LogP contribution in [-0.4, -0.2) is 34.6 Å². The number of rotatable bonds is 8. The zero-order valence-electron chi connectivity index (χ0n) is 16.3. The fourth-order valence-corrected chi connectivity index (χ4v) is 4.18. The number of nitrogens with zero attached hydrogens (tertiary/aromatic N) is 2. The first-order valence-corrected chi connectivity index (χ1v) is 10.2. The van der Waals surface area contributed by atoms with Crippen LogP contribution in [0, 0.1) is 5.92 Å². The van der Waals surface area contributed by atoms with Crippen LogP contribution >= 0.6 is 11.3 Å². The average Bonchev–Trinajstić information content (AvgIpc) is 3.39. The zero-order valence-corrected chi connectivity index (χ0v) is 17.2. The number of carbonyl (C=O) groups is 2. The lowest BCUT2D eigenvalue weighted by Gasteiger charge is -2.30. The predicted molar refractivity (Wildman–Crippen MR) is 109 cm³/mol. The van der Waals surface area contributed by atoms with Crippen molar-refractivity contribution in [2.75, 3.05) is 6.54 Å². The van der Waals surface area contributed by atoms with Crippen molar-refractivity contribution in [3.05, 3.63) is 46.5 Å². The third-order valence-corrected chi connectivity index (χ3v) is 5.75. The third-order valence-electron chi connectivity index (χ3n) is 4.83. The van der Waals surface area contributed by atoms with E-state index in [4.69, 9.17) is 10.2 Å². The second-order valence-electron chi connectivity index (χ2n) is 7.65. The van der Waals surface area contributed by atoms with E-state index in [2.05, 4.69) is 10.4 Å². The molecule has 3 heterocycles. The molecule has 0 aliphatic carbocycles. The highest BCUT2D eigenvalue weighted by Gasteiger charge is 2.37. The van der Waals surface area contributed by atoms with Gasteiger partial charge in [0.2, 0.25) is 5.91 Å². The number of thiophene rings is 1. The fourth-order valence-electron chi connectivity index (χ4n) is 3.46. The molecule has 0 bridgehead atoms. The molecule has 1 aliphatic heterocycles. The van der Waals surface area contributed by atoms with Gasteiger partial charge < -0.3 is 10.2 Å². The first kappa shape index (κ1) is 20.3. The standard InChI is InChI=1S/C20H26N4O3S/c1-13(2)11-20(3,19(21)26)22-12-18(25)24-15(16-6-4-8-27-16)10-14(23-24)17-7-5-9-28-17/h4-9,13,15,22H,10-12H2,1-3H3,(H2,21,26). The van der Waals surface area contributed by atoms with Crippen LogP contribution in [0.3, 0.4) is 0 Å². The van der Waals surface area contributed by atoms with Crippen molar-refractivity contribution >= 4 is 28.9 Å². The molecule has 3 N–H and O–H groups in total. The number of amides is 2. The van der Waals surface area contributed by atoms with Gasteiger partial charge in [0.15, 0.2) is 0 Å². The van der Waals surface area contributed by atoms with Gasteiger partial charge in [0.1, 0.15) is 11.8 Å². The normalized spacial score (nSPS) is 18.9. The summed E-state index contributed by atoms with van der Waals surface area (Å²) in [4.78, 5) is 26.0. The van der Waals surface area contributed by atoms with Gasteiger partial charge in [-0.15, -0.1) is 11.3 Å². The maximum atomic E-state index is 13.0. The number of hydrazone groups is 1. The Balaban J connectivity index is 1.78. The molecule has 28 heavy (non-hydrogen) atoms. The molecule has 1 aliphatic rings. The molecule has 0 aromatic carbocycles. The number of nitrogens with one attached hydrogen (secondary N) is 1. The molecule has 150 valence electrons. The summed E-state index contributed by atoms with van der Waals surface area (Å²) in [6.45, 7) is 5.72. The summed E-state index contributed by atoms with van der Waals surface area (Å²) < 4.78 is 5.54. The van der Waals surface area contributed by atoms with Crippen LogP contribution in [0.25, 0.3) is 0 Å². The van der Waals surface area contributed by atoms with Crippen molar-refractivity contribution in [3.63, 3.8) is 0 Å². The molecular weight excluding hydrogens is 376 g/mol. The highest BCUT2D eigenvalue weighted by atomic mass is 32.1. The molecule has 0 fully saturated rings. The molecule has 3 rings (SSSR count). The maximum absolute atomic E-state index is 13.0. The monoisotopic (exact) mass is 402 g/mol. The first-order chi connectivity index (χ1) is 13.3. The fraction of sp³-hybridized carbons (Fsp3) is 0.450. The molecule has 2 aromatic heterocycles. The summed E-state index contributed by atoms with van der Waals surface area (Å²) in [5.41, 5.74) is 5.48. The van der Waals surface area contributed by atoms with Gasteiger partial charge >= 0.3 is 0 Å². The molecule has 0 spiro atoms. The molecule has 2 amide bonds. The maximum Gasteiger partial charge on any atom is 0.257 e. The quantitative estimate of drug-likeness (QED) is 0.709. The molecule has 2 unspecified atom stereocenters. The average molecular weight is 403 g/mol. The summed E-state index contributed by atoms with van der Waals surface area (Å²) in [5.74, 6) is 0.236. The minimum atomic E-state index is -0.954.